The lowest BCUT2D eigenvalue weighted by Gasteiger charge is -1.99. The number of fused-ring (bicyclic) bond motifs is 1. The van der Waals surface area contributed by atoms with E-state index in [0.717, 1.165) is 21.1 Å². The normalized spacial score (nSPS) is 10.9. The zero-order valence-corrected chi connectivity index (χ0v) is 14.7. The lowest BCUT2D eigenvalue weighted by Crippen LogP contribution is -2.35. The number of aromatic nitrogens is 4. The van der Waals surface area contributed by atoms with Gasteiger partial charge in [-0.05, 0) is 41.0 Å². The molecule has 2 aromatic heterocycles. The van der Waals surface area contributed by atoms with Gasteiger partial charge in [-0.2, -0.15) is 5.10 Å². The second-order valence-corrected chi connectivity index (χ2v) is 7.14. The molecule has 1 amide bonds. The Hall–Kier alpha value is -2.71. The summed E-state index contributed by atoms with van der Waals surface area (Å²) in [6.07, 6.45) is 1.61. The predicted octanol–water partition coefficient (Wildman–Crippen LogP) is 3.03. The van der Waals surface area contributed by atoms with E-state index in [2.05, 4.69) is 20.4 Å². The maximum atomic E-state index is 12.2. The van der Waals surface area contributed by atoms with Gasteiger partial charge in [0.25, 0.3) is 0 Å². The van der Waals surface area contributed by atoms with Crippen LogP contribution in [0.25, 0.3) is 15.9 Å². The summed E-state index contributed by atoms with van der Waals surface area (Å²) in [5, 5.41) is 7.25. The monoisotopic (exact) mass is 368 g/mol. The molecule has 0 aliphatic heterocycles. The molecule has 4 rings (SSSR count). The lowest BCUT2D eigenvalue weighted by molar-refractivity contribution is -0.694. The number of hydrogen-bond acceptors (Lipinski definition) is 5. The molecule has 0 fully saturated rings. The van der Waals surface area contributed by atoms with Crippen molar-refractivity contribution in [1.82, 2.24) is 15.1 Å². The van der Waals surface area contributed by atoms with Crippen LogP contribution in [0, 0.1) is 0 Å². The number of anilines is 1. The summed E-state index contributed by atoms with van der Waals surface area (Å²) in [7, 11) is 0. The predicted molar refractivity (Wildman–Crippen MR) is 99.1 cm³/mol. The summed E-state index contributed by atoms with van der Waals surface area (Å²) < 4.78 is 2.90. The van der Waals surface area contributed by atoms with Crippen molar-refractivity contribution in [2.24, 2.45) is 0 Å². The molecule has 0 saturated carbocycles. The molecule has 0 radical (unpaired) electrons. The van der Waals surface area contributed by atoms with Gasteiger partial charge in [0, 0.05) is 0 Å². The Labute approximate surface area is 151 Å². The van der Waals surface area contributed by atoms with Gasteiger partial charge in [0.1, 0.15) is 0 Å². The van der Waals surface area contributed by atoms with Gasteiger partial charge in [-0.15, -0.1) is 4.68 Å². The number of amides is 1. The standard InChI is InChI=1S/C17H13N5OS2/c23-15(21-16-20-13-8-4-5-9-14(13)25-16)10-24-17-18-11-19-22(17)12-6-2-1-3-7-12/h1-9,11H,10H2,(H,20,21,23)/p+1. The third-order valence-electron chi connectivity index (χ3n) is 3.44. The average molecular weight is 368 g/mol. The van der Waals surface area contributed by atoms with Crippen molar-refractivity contribution in [1.29, 1.82) is 0 Å². The fourth-order valence-corrected chi connectivity index (χ4v) is 3.96. The number of thioether (sulfide) groups is 1. The fraction of sp³-hybridized carbons (Fsp3) is 0.0588. The number of rotatable bonds is 5. The first kappa shape index (κ1) is 15.8. The topological polar surface area (TPSA) is 74.6 Å². The zero-order chi connectivity index (χ0) is 17.1. The molecule has 124 valence electrons. The second-order valence-electron chi connectivity index (χ2n) is 5.16. The molecule has 0 atom stereocenters. The number of carbonyl (C=O) groups is 1. The molecule has 2 heterocycles. The van der Waals surface area contributed by atoms with Crippen LogP contribution in [0.3, 0.4) is 0 Å². The Kier molecular flexibility index (Phi) is 4.45. The Morgan fingerprint density at radius 3 is 2.80 bits per heavy atom. The summed E-state index contributed by atoms with van der Waals surface area (Å²) in [6, 6.07) is 17.6. The highest BCUT2D eigenvalue weighted by Gasteiger charge is 2.18. The molecule has 0 aliphatic rings. The first-order valence-corrected chi connectivity index (χ1v) is 9.39. The van der Waals surface area contributed by atoms with Gasteiger partial charge in [-0.25, -0.2) is 4.98 Å². The van der Waals surface area contributed by atoms with Crippen molar-refractivity contribution >= 4 is 44.4 Å². The highest BCUT2D eigenvalue weighted by molar-refractivity contribution is 7.99. The molecular weight excluding hydrogens is 354 g/mol. The van der Waals surface area contributed by atoms with Gasteiger partial charge in [0.05, 0.1) is 16.0 Å². The van der Waals surface area contributed by atoms with E-state index < -0.39 is 0 Å². The van der Waals surface area contributed by atoms with Gasteiger partial charge in [-0.3, -0.25) is 4.79 Å². The molecule has 0 bridgehead atoms. The van der Waals surface area contributed by atoms with Crippen LogP contribution in [0.2, 0.25) is 0 Å². The van der Waals surface area contributed by atoms with Crippen LogP contribution in [0.5, 0.6) is 0 Å². The molecule has 0 unspecified atom stereocenters. The quantitative estimate of drug-likeness (QED) is 0.419. The number of H-pyrrole nitrogens is 1. The van der Waals surface area contributed by atoms with Gasteiger partial charge >= 0.3 is 5.16 Å². The van der Waals surface area contributed by atoms with Gasteiger partial charge < -0.3 is 5.32 Å². The molecular formula is C17H14N5OS2+. The van der Waals surface area contributed by atoms with E-state index >= 15 is 0 Å². The Balaban J connectivity index is 1.42. The largest absolute Gasteiger partial charge is 0.385 e. The minimum Gasteiger partial charge on any atom is -0.301 e. The number of para-hydroxylation sites is 2. The molecule has 2 N–H and O–H groups in total. The number of benzene rings is 2. The highest BCUT2D eigenvalue weighted by Crippen LogP contribution is 2.25. The van der Waals surface area contributed by atoms with Gasteiger partial charge in [-0.1, -0.05) is 41.7 Å². The SMILES string of the molecule is O=C(CSc1nc[nH][n+]1-c1ccccc1)Nc1nc2ccccc2s1. The molecule has 4 aromatic rings. The second kappa shape index (κ2) is 7.04. The first-order chi connectivity index (χ1) is 12.3. The maximum absolute atomic E-state index is 12.2. The molecule has 2 aromatic carbocycles. The van der Waals surface area contributed by atoms with Crippen molar-refractivity contribution in [2.75, 3.05) is 11.1 Å². The zero-order valence-electron chi connectivity index (χ0n) is 13.0. The van der Waals surface area contributed by atoms with Gasteiger partial charge in [0.15, 0.2) is 10.8 Å². The molecule has 25 heavy (non-hydrogen) atoms. The summed E-state index contributed by atoms with van der Waals surface area (Å²) in [6.45, 7) is 0. The number of hydrogen-bond donors (Lipinski definition) is 2. The third-order valence-corrected chi connectivity index (χ3v) is 5.34. The minimum atomic E-state index is -0.105. The number of carbonyl (C=O) groups excluding carboxylic acids is 1. The minimum absolute atomic E-state index is 0.105. The molecule has 8 heteroatoms. The van der Waals surface area contributed by atoms with E-state index in [9.17, 15) is 4.79 Å². The summed E-state index contributed by atoms with van der Waals surface area (Å²) in [5.41, 5.74) is 1.86. The first-order valence-electron chi connectivity index (χ1n) is 7.59. The third kappa shape index (κ3) is 3.54. The lowest BCUT2D eigenvalue weighted by atomic mass is 10.3. The van der Waals surface area contributed by atoms with Crippen LogP contribution >= 0.6 is 23.1 Å². The summed E-state index contributed by atoms with van der Waals surface area (Å²) >= 11 is 2.84. The van der Waals surface area contributed by atoms with Crippen LogP contribution in [0.15, 0.2) is 66.1 Å². The fourth-order valence-electron chi connectivity index (χ4n) is 2.33. The van der Waals surface area contributed by atoms with E-state index in [4.69, 9.17) is 0 Å². The van der Waals surface area contributed by atoms with Crippen LogP contribution in [0.1, 0.15) is 0 Å². The van der Waals surface area contributed by atoms with Gasteiger partial charge in [0.2, 0.25) is 12.2 Å². The number of nitrogens with one attached hydrogen (secondary N) is 2. The average Bonchev–Trinajstić information content (AvgIpc) is 3.26. The van der Waals surface area contributed by atoms with Crippen molar-refractivity contribution in [3.63, 3.8) is 0 Å². The Morgan fingerprint density at radius 1 is 1.16 bits per heavy atom. The Morgan fingerprint density at radius 2 is 1.96 bits per heavy atom. The van der Waals surface area contributed by atoms with Crippen LogP contribution in [0.4, 0.5) is 5.13 Å². The van der Waals surface area contributed by atoms with Crippen LogP contribution in [-0.2, 0) is 4.79 Å². The molecule has 0 saturated heterocycles. The van der Waals surface area contributed by atoms with Crippen molar-refractivity contribution in [2.45, 2.75) is 5.16 Å². The van der Waals surface area contributed by atoms with E-state index in [1.807, 2.05) is 59.3 Å². The van der Waals surface area contributed by atoms with E-state index in [1.165, 1.54) is 23.1 Å². The van der Waals surface area contributed by atoms with E-state index in [0.29, 0.717) is 5.13 Å². The summed E-state index contributed by atoms with van der Waals surface area (Å²) in [5.74, 6) is 0.153. The van der Waals surface area contributed by atoms with Crippen molar-refractivity contribution in [3.8, 4) is 5.69 Å². The maximum Gasteiger partial charge on any atom is 0.385 e. The Bertz CT molecular complexity index is 979. The summed E-state index contributed by atoms with van der Waals surface area (Å²) in [4.78, 5) is 20.9. The number of aromatic amines is 1. The number of thiazole rings is 1. The van der Waals surface area contributed by atoms with Crippen LogP contribution in [-0.4, -0.2) is 26.7 Å². The van der Waals surface area contributed by atoms with Crippen molar-refractivity contribution in [3.05, 3.63) is 60.9 Å². The molecule has 6 nitrogen and oxygen atoms in total. The molecule has 0 aliphatic carbocycles. The van der Waals surface area contributed by atoms with E-state index in [1.54, 1.807) is 6.33 Å². The molecule has 0 spiro atoms. The van der Waals surface area contributed by atoms with Crippen LogP contribution < -0.4 is 10.00 Å². The number of nitrogens with zero attached hydrogens (tertiary/aromatic N) is 3. The van der Waals surface area contributed by atoms with E-state index in [-0.39, 0.29) is 11.7 Å². The smallest absolute Gasteiger partial charge is 0.301 e. The highest BCUT2D eigenvalue weighted by atomic mass is 32.2. The van der Waals surface area contributed by atoms with Crippen molar-refractivity contribution < 1.29 is 9.48 Å².